The highest BCUT2D eigenvalue weighted by atomic mass is 32.1. The molecule has 0 spiro atoms. The summed E-state index contributed by atoms with van der Waals surface area (Å²) in [7, 11) is 0. The monoisotopic (exact) mass is 281 g/mol. The van der Waals surface area contributed by atoms with Crippen LogP contribution in [0.2, 0.25) is 0 Å². The minimum atomic E-state index is -0.0230. The van der Waals surface area contributed by atoms with E-state index in [1.54, 1.807) is 11.3 Å². The molecule has 2 N–H and O–H groups in total. The summed E-state index contributed by atoms with van der Waals surface area (Å²) in [6, 6.07) is 0.165. The van der Waals surface area contributed by atoms with E-state index in [1.807, 2.05) is 10.3 Å². The van der Waals surface area contributed by atoms with Crippen molar-refractivity contribution in [1.82, 2.24) is 9.88 Å². The molecule has 1 fully saturated rings. The number of aromatic nitrogens is 1. The van der Waals surface area contributed by atoms with E-state index in [1.165, 1.54) is 0 Å². The molecule has 106 valence electrons. The van der Waals surface area contributed by atoms with E-state index in [4.69, 9.17) is 5.73 Å². The van der Waals surface area contributed by atoms with Crippen LogP contribution in [0.15, 0.2) is 5.38 Å². The van der Waals surface area contributed by atoms with Crippen LogP contribution in [-0.4, -0.2) is 34.9 Å². The second kappa shape index (κ2) is 5.21. The molecule has 4 nitrogen and oxygen atoms in total. The number of carbonyl (C=O) groups is 1. The normalized spacial score (nSPS) is 22.8. The molecule has 1 aromatic rings. The lowest BCUT2D eigenvalue weighted by molar-refractivity contribution is 0.0528. The smallest absolute Gasteiger partial charge is 0.273 e. The zero-order valence-electron chi connectivity index (χ0n) is 12.1. The van der Waals surface area contributed by atoms with Gasteiger partial charge in [-0.05, 0) is 11.8 Å². The van der Waals surface area contributed by atoms with Crippen molar-refractivity contribution in [3.8, 4) is 0 Å². The highest BCUT2D eigenvalue weighted by molar-refractivity contribution is 7.09. The average Bonchev–Trinajstić information content (AvgIpc) is 2.81. The first kappa shape index (κ1) is 14.5. The molecular weight excluding hydrogens is 258 g/mol. The fourth-order valence-electron chi connectivity index (χ4n) is 2.36. The lowest BCUT2D eigenvalue weighted by atomic mass is 9.79. The Labute approximate surface area is 119 Å². The molecule has 0 aromatic carbocycles. The summed E-state index contributed by atoms with van der Waals surface area (Å²) in [5.74, 6) is 0.417. The van der Waals surface area contributed by atoms with Crippen LogP contribution in [0.25, 0.3) is 0 Å². The Kier molecular flexibility index (Phi) is 3.97. The summed E-state index contributed by atoms with van der Waals surface area (Å²) < 4.78 is 0. The minimum Gasteiger partial charge on any atom is -0.337 e. The Morgan fingerprint density at radius 2 is 2.26 bits per heavy atom. The molecule has 0 bridgehead atoms. The first-order valence-electron chi connectivity index (χ1n) is 6.81. The highest BCUT2D eigenvalue weighted by Gasteiger charge is 2.36. The van der Waals surface area contributed by atoms with Crippen LogP contribution in [-0.2, 0) is 0 Å². The highest BCUT2D eigenvalue weighted by Crippen LogP contribution is 2.29. The molecule has 19 heavy (non-hydrogen) atoms. The number of thiazole rings is 1. The van der Waals surface area contributed by atoms with Crippen molar-refractivity contribution in [3.05, 3.63) is 16.1 Å². The molecule has 1 amide bonds. The molecule has 0 saturated carbocycles. The number of hydrogen-bond donors (Lipinski definition) is 1. The van der Waals surface area contributed by atoms with Gasteiger partial charge in [-0.15, -0.1) is 11.3 Å². The van der Waals surface area contributed by atoms with Crippen LogP contribution in [0.3, 0.4) is 0 Å². The lowest BCUT2D eigenvalue weighted by Gasteiger charge is -2.42. The summed E-state index contributed by atoms with van der Waals surface area (Å²) in [5, 5.41) is 2.90. The van der Waals surface area contributed by atoms with Crippen molar-refractivity contribution in [2.45, 2.75) is 46.1 Å². The largest absolute Gasteiger partial charge is 0.337 e. The summed E-state index contributed by atoms with van der Waals surface area (Å²) in [5.41, 5.74) is 6.67. The second-order valence-electron chi connectivity index (χ2n) is 6.34. The van der Waals surface area contributed by atoms with E-state index in [0.717, 1.165) is 18.0 Å². The Morgan fingerprint density at radius 3 is 2.79 bits per heavy atom. The van der Waals surface area contributed by atoms with Gasteiger partial charge >= 0.3 is 0 Å². The topological polar surface area (TPSA) is 59.2 Å². The molecule has 1 aliphatic heterocycles. The van der Waals surface area contributed by atoms with E-state index in [2.05, 4.69) is 32.7 Å². The van der Waals surface area contributed by atoms with E-state index in [-0.39, 0.29) is 17.4 Å². The van der Waals surface area contributed by atoms with Gasteiger partial charge in [0, 0.05) is 30.4 Å². The first-order chi connectivity index (χ1) is 8.81. The number of nitrogens with zero attached hydrogens (tertiary/aromatic N) is 2. The van der Waals surface area contributed by atoms with Crippen molar-refractivity contribution in [1.29, 1.82) is 0 Å². The standard InChI is InChI=1S/C14H23N3OS/c1-9(2)12-16-10(7-19-12)13(18)17-6-5-11(15)14(3,4)8-17/h7,9,11H,5-6,8,15H2,1-4H3. The van der Waals surface area contributed by atoms with Gasteiger partial charge in [0.1, 0.15) is 5.69 Å². The van der Waals surface area contributed by atoms with Crippen LogP contribution in [0.1, 0.15) is 55.5 Å². The Balaban J connectivity index is 2.11. The number of nitrogens with two attached hydrogens (primary N) is 1. The van der Waals surface area contributed by atoms with Crippen LogP contribution in [0.5, 0.6) is 0 Å². The molecule has 1 aromatic heterocycles. The maximum Gasteiger partial charge on any atom is 0.273 e. The summed E-state index contributed by atoms with van der Waals surface area (Å²) >= 11 is 1.57. The van der Waals surface area contributed by atoms with E-state index in [0.29, 0.717) is 18.2 Å². The van der Waals surface area contributed by atoms with Gasteiger partial charge in [0.05, 0.1) is 5.01 Å². The molecule has 1 saturated heterocycles. The third-order valence-electron chi connectivity index (χ3n) is 3.83. The van der Waals surface area contributed by atoms with E-state index < -0.39 is 0 Å². The van der Waals surface area contributed by atoms with Crippen molar-refractivity contribution >= 4 is 17.2 Å². The quantitative estimate of drug-likeness (QED) is 0.906. The number of carbonyl (C=O) groups excluding carboxylic acids is 1. The Bertz CT molecular complexity index is 467. The van der Waals surface area contributed by atoms with Gasteiger partial charge in [-0.25, -0.2) is 4.98 Å². The third-order valence-corrected chi connectivity index (χ3v) is 4.98. The maximum absolute atomic E-state index is 12.5. The van der Waals surface area contributed by atoms with Crippen molar-refractivity contribution < 1.29 is 4.79 Å². The van der Waals surface area contributed by atoms with E-state index >= 15 is 0 Å². The van der Waals surface area contributed by atoms with Gasteiger partial charge in [0.15, 0.2) is 0 Å². The number of amides is 1. The predicted octanol–water partition coefficient (Wildman–Crippen LogP) is 2.47. The fourth-order valence-corrected chi connectivity index (χ4v) is 3.17. The van der Waals surface area contributed by atoms with Crippen LogP contribution < -0.4 is 5.73 Å². The van der Waals surface area contributed by atoms with Crippen molar-refractivity contribution in [2.75, 3.05) is 13.1 Å². The molecule has 5 heteroatoms. The molecule has 0 radical (unpaired) electrons. The number of piperidine rings is 1. The van der Waals surface area contributed by atoms with Crippen LogP contribution in [0, 0.1) is 5.41 Å². The SMILES string of the molecule is CC(C)c1nc(C(=O)N2CCC(N)C(C)(C)C2)cs1. The minimum absolute atomic E-state index is 0.0230. The van der Waals surface area contributed by atoms with Gasteiger partial charge in [0.25, 0.3) is 5.91 Å². The molecule has 1 unspecified atom stereocenters. The van der Waals surface area contributed by atoms with Gasteiger partial charge in [0.2, 0.25) is 0 Å². The maximum atomic E-state index is 12.5. The molecule has 0 aliphatic carbocycles. The second-order valence-corrected chi connectivity index (χ2v) is 7.23. The summed E-state index contributed by atoms with van der Waals surface area (Å²) in [4.78, 5) is 18.8. The van der Waals surface area contributed by atoms with Crippen LogP contribution in [0.4, 0.5) is 0 Å². The Hall–Kier alpha value is -0.940. The van der Waals surface area contributed by atoms with Gasteiger partial charge in [-0.1, -0.05) is 27.7 Å². The molecule has 2 heterocycles. The molecular formula is C14H23N3OS. The fraction of sp³-hybridized carbons (Fsp3) is 0.714. The third kappa shape index (κ3) is 2.98. The Morgan fingerprint density at radius 1 is 1.58 bits per heavy atom. The van der Waals surface area contributed by atoms with Crippen LogP contribution >= 0.6 is 11.3 Å². The summed E-state index contributed by atoms with van der Waals surface area (Å²) in [6.07, 6.45) is 0.861. The zero-order valence-corrected chi connectivity index (χ0v) is 13.0. The average molecular weight is 281 g/mol. The zero-order chi connectivity index (χ0) is 14.2. The van der Waals surface area contributed by atoms with Crippen molar-refractivity contribution in [3.63, 3.8) is 0 Å². The predicted molar refractivity (Wildman–Crippen MR) is 78.5 cm³/mol. The number of rotatable bonds is 2. The number of hydrogen-bond acceptors (Lipinski definition) is 4. The van der Waals surface area contributed by atoms with E-state index in [9.17, 15) is 4.79 Å². The summed E-state index contributed by atoms with van der Waals surface area (Å²) in [6.45, 7) is 9.88. The van der Waals surface area contributed by atoms with Gasteiger partial charge < -0.3 is 10.6 Å². The molecule has 1 atom stereocenters. The number of likely N-dealkylation sites (tertiary alicyclic amines) is 1. The first-order valence-corrected chi connectivity index (χ1v) is 7.69. The van der Waals surface area contributed by atoms with Crippen molar-refractivity contribution in [2.24, 2.45) is 11.1 Å². The molecule has 1 aliphatic rings. The molecule has 2 rings (SSSR count). The van der Waals surface area contributed by atoms with Gasteiger partial charge in [-0.2, -0.15) is 0 Å². The lowest BCUT2D eigenvalue weighted by Crippen LogP contribution is -2.54. The van der Waals surface area contributed by atoms with Gasteiger partial charge in [-0.3, -0.25) is 4.79 Å².